The largest absolute Gasteiger partial charge is 0.396 e. The summed E-state index contributed by atoms with van der Waals surface area (Å²) in [6, 6.07) is 1.93. The Kier molecular flexibility index (Phi) is 5.12. The lowest BCUT2D eigenvalue weighted by Gasteiger charge is -2.30. The number of aryl methyl sites for hydroxylation is 1. The van der Waals surface area contributed by atoms with Crippen LogP contribution < -0.4 is 11.1 Å². The summed E-state index contributed by atoms with van der Waals surface area (Å²) < 4.78 is 0.276. The van der Waals surface area contributed by atoms with E-state index in [1.54, 1.807) is 6.20 Å². The number of rotatable bonds is 6. The third kappa shape index (κ3) is 3.28. The maximum absolute atomic E-state index is 6.00. The summed E-state index contributed by atoms with van der Waals surface area (Å²) in [4.78, 5) is 4.30. The van der Waals surface area contributed by atoms with Gasteiger partial charge in [0.05, 0.1) is 5.69 Å². The van der Waals surface area contributed by atoms with Crippen molar-refractivity contribution in [1.82, 2.24) is 4.98 Å². The Balaban J connectivity index is 2.75. The van der Waals surface area contributed by atoms with Gasteiger partial charge < -0.3 is 11.1 Å². The molecule has 0 unspecified atom stereocenters. The fraction of sp³-hybridized carbons (Fsp3) is 0.615. The molecule has 96 valence electrons. The van der Waals surface area contributed by atoms with E-state index in [-0.39, 0.29) is 4.75 Å². The first-order valence-corrected chi connectivity index (χ1v) is 7.31. The molecule has 0 saturated heterocycles. The number of nitrogen functional groups attached to an aromatic ring is 1. The van der Waals surface area contributed by atoms with Gasteiger partial charge in [-0.05, 0) is 37.7 Å². The topological polar surface area (TPSA) is 50.9 Å². The monoisotopic (exact) mass is 253 g/mol. The third-order valence-corrected chi connectivity index (χ3v) is 5.10. The second-order valence-corrected chi connectivity index (χ2v) is 5.61. The van der Waals surface area contributed by atoms with Crippen LogP contribution in [0, 0.1) is 6.92 Å². The molecule has 0 amide bonds. The average molecular weight is 253 g/mol. The molecule has 0 aliphatic carbocycles. The molecular weight excluding hydrogens is 230 g/mol. The SMILES string of the molecule is CCC(CC)(CNc1nccc(C)c1N)SC. The molecule has 0 spiro atoms. The van der Waals surface area contributed by atoms with Crippen LogP contribution in [0.5, 0.6) is 0 Å². The van der Waals surface area contributed by atoms with Crippen LogP contribution in [0.25, 0.3) is 0 Å². The summed E-state index contributed by atoms with van der Waals surface area (Å²) in [5.41, 5.74) is 7.84. The summed E-state index contributed by atoms with van der Waals surface area (Å²) in [7, 11) is 0. The Labute approximate surface area is 109 Å². The van der Waals surface area contributed by atoms with Gasteiger partial charge in [-0.3, -0.25) is 0 Å². The predicted octanol–water partition coefficient (Wildman–Crippen LogP) is 3.31. The number of nitrogens with one attached hydrogen (secondary N) is 1. The molecule has 0 aliphatic rings. The van der Waals surface area contributed by atoms with Crippen LogP contribution in [0.4, 0.5) is 11.5 Å². The summed E-state index contributed by atoms with van der Waals surface area (Å²) in [6.45, 7) is 7.37. The second kappa shape index (κ2) is 6.15. The van der Waals surface area contributed by atoms with E-state index in [0.29, 0.717) is 0 Å². The Morgan fingerprint density at radius 1 is 1.41 bits per heavy atom. The Morgan fingerprint density at radius 3 is 2.59 bits per heavy atom. The molecule has 1 aromatic heterocycles. The van der Waals surface area contributed by atoms with E-state index >= 15 is 0 Å². The zero-order chi connectivity index (χ0) is 12.9. The lowest BCUT2D eigenvalue weighted by Crippen LogP contribution is -2.32. The molecule has 0 aliphatic heterocycles. The summed E-state index contributed by atoms with van der Waals surface area (Å²) in [5, 5.41) is 3.39. The number of hydrogen-bond acceptors (Lipinski definition) is 4. The molecule has 17 heavy (non-hydrogen) atoms. The molecule has 1 heterocycles. The Hall–Kier alpha value is -0.900. The standard InChI is InChI=1S/C13H23N3S/c1-5-13(6-2,17-4)9-16-12-11(14)10(3)7-8-15-12/h7-8H,5-6,9,14H2,1-4H3,(H,15,16). The summed E-state index contributed by atoms with van der Waals surface area (Å²) in [6.07, 6.45) is 6.25. The molecule has 1 aromatic rings. The number of hydrogen-bond donors (Lipinski definition) is 2. The second-order valence-electron chi connectivity index (χ2n) is 4.34. The molecule has 1 rings (SSSR count). The van der Waals surface area contributed by atoms with Crippen LogP contribution >= 0.6 is 11.8 Å². The van der Waals surface area contributed by atoms with Gasteiger partial charge in [-0.1, -0.05) is 13.8 Å². The normalized spacial score (nSPS) is 11.5. The molecular formula is C13H23N3S. The maximum atomic E-state index is 6.00. The maximum Gasteiger partial charge on any atom is 0.149 e. The van der Waals surface area contributed by atoms with Crippen LogP contribution in [0.3, 0.4) is 0 Å². The highest BCUT2D eigenvalue weighted by atomic mass is 32.2. The van der Waals surface area contributed by atoms with Gasteiger partial charge in [-0.25, -0.2) is 4.98 Å². The van der Waals surface area contributed by atoms with Crippen molar-refractivity contribution >= 4 is 23.3 Å². The minimum atomic E-state index is 0.276. The van der Waals surface area contributed by atoms with Gasteiger partial charge in [-0.15, -0.1) is 0 Å². The van der Waals surface area contributed by atoms with E-state index in [4.69, 9.17) is 5.73 Å². The first-order chi connectivity index (χ1) is 8.08. The molecule has 0 bridgehead atoms. The molecule has 0 radical (unpaired) electrons. The lowest BCUT2D eigenvalue weighted by atomic mass is 10.0. The van der Waals surface area contributed by atoms with Crippen molar-refractivity contribution in [2.75, 3.05) is 23.9 Å². The number of pyridine rings is 1. The predicted molar refractivity (Wildman–Crippen MR) is 78.7 cm³/mol. The van der Waals surface area contributed by atoms with Gasteiger partial charge in [0.1, 0.15) is 5.82 Å². The number of aromatic nitrogens is 1. The first kappa shape index (κ1) is 14.2. The molecule has 4 heteroatoms. The molecule has 3 nitrogen and oxygen atoms in total. The van der Waals surface area contributed by atoms with Crippen molar-refractivity contribution in [3.05, 3.63) is 17.8 Å². The lowest BCUT2D eigenvalue weighted by molar-refractivity contribution is 0.574. The summed E-state index contributed by atoms with van der Waals surface area (Å²) >= 11 is 1.92. The van der Waals surface area contributed by atoms with Crippen LogP contribution in [0.15, 0.2) is 12.3 Å². The van der Waals surface area contributed by atoms with Crippen LogP contribution in [-0.4, -0.2) is 22.5 Å². The van der Waals surface area contributed by atoms with Crippen molar-refractivity contribution in [1.29, 1.82) is 0 Å². The van der Waals surface area contributed by atoms with E-state index in [0.717, 1.165) is 36.5 Å². The quantitative estimate of drug-likeness (QED) is 0.816. The third-order valence-electron chi connectivity index (χ3n) is 3.51. The molecule has 3 N–H and O–H groups in total. The molecule has 0 atom stereocenters. The van der Waals surface area contributed by atoms with Crippen LogP contribution in [0.1, 0.15) is 32.3 Å². The fourth-order valence-corrected chi connectivity index (χ4v) is 2.61. The molecule has 0 fully saturated rings. The van der Waals surface area contributed by atoms with E-state index in [1.165, 1.54) is 0 Å². The van der Waals surface area contributed by atoms with Gasteiger partial charge in [0.2, 0.25) is 0 Å². The highest BCUT2D eigenvalue weighted by Gasteiger charge is 2.24. The van der Waals surface area contributed by atoms with Gasteiger partial charge in [0.15, 0.2) is 0 Å². The zero-order valence-electron chi connectivity index (χ0n) is 11.2. The highest BCUT2D eigenvalue weighted by molar-refractivity contribution is 8.00. The smallest absolute Gasteiger partial charge is 0.149 e. The highest BCUT2D eigenvalue weighted by Crippen LogP contribution is 2.31. The van der Waals surface area contributed by atoms with E-state index in [2.05, 4.69) is 30.4 Å². The van der Waals surface area contributed by atoms with Crippen molar-refractivity contribution in [2.24, 2.45) is 0 Å². The van der Waals surface area contributed by atoms with Crippen molar-refractivity contribution in [3.8, 4) is 0 Å². The van der Waals surface area contributed by atoms with Crippen LogP contribution in [0.2, 0.25) is 0 Å². The van der Waals surface area contributed by atoms with E-state index < -0.39 is 0 Å². The van der Waals surface area contributed by atoms with Gasteiger partial charge in [0.25, 0.3) is 0 Å². The van der Waals surface area contributed by atoms with E-state index in [1.807, 2.05) is 24.8 Å². The van der Waals surface area contributed by atoms with Gasteiger partial charge in [0, 0.05) is 17.5 Å². The minimum Gasteiger partial charge on any atom is -0.396 e. The number of anilines is 2. The van der Waals surface area contributed by atoms with Crippen molar-refractivity contribution in [3.63, 3.8) is 0 Å². The zero-order valence-corrected chi connectivity index (χ0v) is 12.0. The number of nitrogens with two attached hydrogens (primary N) is 1. The van der Waals surface area contributed by atoms with Gasteiger partial charge >= 0.3 is 0 Å². The fourth-order valence-electron chi connectivity index (χ4n) is 1.82. The number of thioether (sulfide) groups is 1. The first-order valence-electron chi connectivity index (χ1n) is 6.08. The Bertz CT molecular complexity index is 353. The van der Waals surface area contributed by atoms with Crippen molar-refractivity contribution in [2.45, 2.75) is 38.4 Å². The minimum absolute atomic E-state index is 0.276. The average Bonchev–Trinajstić information content (AvgIpc) is 2.36. The van der Waals surface area contributed by atoms with Crippen molar-refractivity contribution < 1.29 is 0 Å². The summed E-state index contributed by atoms with van der Waals surface area (Å²) in [5.74, 6) is 0.810. The number of nitrogens with zero attached hydrogens (tertiary/aromatic N) is 1. The van der Waals surface area contributed by atoms with E-state index in [9.17, 15) is 0 Å². The van der Waals surface area contributed by atoms with Gasteiger partial charge in [-0.2, -0.15) is 11.8 Å². The van der Waals surface area contributed by atoms with Crippen LogP contribution in [-0.2, 0) is 0 Å². The molecule has 0 aromatic carbocycles. The Morgan fingerprint density at radius 2 is 2.06 bits per heavy atom. The molecule has 0 saturated carbocycles.